The smallest absolute Gasteiger partial charge is 0.344 e. The number of nitrogens with zero attached hydrogens (tertiary/aromatic N) is 1. The Bertz CT molecular complexity index is 1390. The van der Waals surface area contributed by atoms with E-state index in [0.29, 0.717) is 49.9 Å². The Labute approximate surface area is 177 Å². The van der Waals surface area contributed by atoms with E-state index in [1.807, 2.05) is 30.3 Å². The fourth-order valence-electron chi connectivity index (χ4n) is 4.06. The first kappa shape index (κ1) is 18.8. The summed E-state index contributed by atoms with van der Waals surface area (Å²) in [7, 11) is 1.56. The number of methoxy groups -OCH3 is 1. The molecule has 0 atom stereocenters. The number of anilines is 1. The van der Waals surface area contributed by atoms with Crippen LogP contribution in [-0.2, 0) is 14.4 Å². The molecule has 6 nitrogen and oxygen atoms in total. The van der Waals surface area contributed by atoms with Gasteiger partial charge in [-0.05, 0) is 35.4 Å². The number of fused-ring (bicyclic) bond motifs is 2. The van der Waals surface area contributed by atoms with Gasteiger partial charge in [-0.2, -0.15) is 0 Å². The molecule has 0 unspecified atom stereocenters. The minimum Gasteiger partial charge on any atom is -0.497 e. The fraction of sp³-hybridized carbons (Fsp3) is 0.0800. The Hall–Kier alpha value is -4.19. The van der Waals surface area contributed by atoms with Gasteiger partial charge >= 0.3 is 5.97 Å². The average Bonchev–Trinajstić information content (AvgIpc) is 3.24. The van der Waals surface area contributed by atoms with Crippen LogP contribution in [0.5, 0.6) is 11.5 Å². The highest BCUT2D eigenvalue weighted by molar-refractivity contribution is 6.37. The van der Waals surface area contributed by atoms with E-state index in [0.717, 1.165) is 4.90 Å². The van der Waals surface area contributed by atoms with E-state index in [4.69, 9.17) is 9.47 Å². The normalized spacial score (nSPS) is 14.5. The quantitative estimate of drug-likeness (QED) is 0.486. The summed E-state index contributed by atoms with van der Waals surface area (Å²) in [6, 6.07) is 19.6. The van der Waals surface area contributed by atoms with Crippen LogP contribution in [0.4, 0.5) is 5.69 Å². The van der Waals surface area contributed by atoms with E-state index in [9.17, 15) is 14.4 Å². The molecule has 0 radical (unpaired) electrons. The molecule has 2 heterocycles. The zero-order chi connectivity index (χ0) is 21.7. The van der Waals surface area contributed by atoms with Crippen molar-refractivity contribution >= 4 is 34.6 Å². The molecular formula is C25H17NO5. The number of hydrogen-bond acceptors (Lipinski definition) is 5. The highest BCUT2D eigenvalue weighted by Crippen LogP contribution is 2.29. The Balaban J connectivity index is 1.81. The fourth-order valence-corrected chi connectivity index (χ4v) is 4.06. The molecule has 0 saturated carbocycles. The second-order valence-corrected chi connectivity index (χ2v) is 7.26. The lowest BCUT2D eigenvalue weighted by atomic mass is 10.0. The van der Waals surface area contributed by atoms with Crippen molar-refractivity contribution in [3.05, 3.63) is 88.3 Å². The van der Waals surface area contributed by atoms with E-state index >= 15 is 0 Å². The monoisotopic (exact) mass is 411 g/mol. The number of carbonyl (C=O) groups excluding carboxylic acids is 3. The van der Waals surface area contributed by atoms with Gasteiger partial charge in [-0.25, -0.2) is 9.69 Å². The van der Waals surface area contributed by atoms with Gasteiger partial charge in [-0.3, -0.25) is 9.59 Å². The van der Waals surface area contributed by atoms with E-state index in [-0.39, 0.29) is 0 Å². The van der Waals surface area contributed by atoms with Crippen molar-refractivity contribution in [1.82, 2.24) is 0 Å². The summed E-state index contributed by atoms with van der Waals surface area (Å²) in [5.74, 6) is -0.253. The summed E-state index contributed by atoms with van der Waals surface area (Å²) in [5.41, 5.74) is 2.58. The summed E-state index contributed by atoms with van der Waals surface area (Å²) >= 11 is 0. The standard InChI is InChI=1S/C25H17NO5/c1-14(27)26-20-12-19-21(31-25(29)23(19)15-6-4-3-5-7-15)13-18(20)22(24(26)28)16-8-10-17(30-2)11-9-16/h3-13H,1-2H3. The maximum Gasteiger partial charge on any atom is 0.344 e. The lowest BCUT2D eigenvalue weighted by molar-refractivity contribution is -0.127. The summed E-state index contributed by atoms with van der Waals surface area (Å²) in [6.45, 7) is 1.34. The molecular weight excluding hydrogens is 394 g/mol. The van der Waals surface area contributed by atoms with Crippen LogP contribution >= 0.6 is 0 Å². The van der Waals surface area contributed by atoms with Gasteiger partial charge in [0, 0.05) is 17.4 Å². The number of esters is 1. The van der Waals surface area contributed by atoms with Gasteiger partial charge in [0.2, 0.25) is 5.91 Å². The predicted octanol–water partition coefficient (Wildman–Crippen LogP) is 1.91. The second kappa shape index (κ2) is 6.95. The van der Waals surface area contributed by atoms with Crippen molar-refractivity contribution in [2.24, 2.45) is 0 Å². The first-order valence-corrected chi connectivity index (χ1v) is 9.69. The molecule has 2 aliphatic rings. The molecule has 0 bridgehead atoms. The molecule has 0 spiro atoms. The molecule has 3 aromatic rings. The number of imide groups is 1. The highest BCUT2D eigenvalue weighted by atomic mass is 16.5. The predicted molar refractivity (Wildman–Crippen MR) is 114 cm³/mol. The zero-order valence-corrected chi connectivity index (χ0v) is 16.8. The molecule has 0 fully saturated rings. The molecule has 0 aromatic heterocycles. The number of rotatable bonds is 3. The zero-order valence-electron chi connectivity index (χ0n) is 16.8. The molecule has 0 saturated heterocycles. The van der Waals surface area contributed by atoms with E-state index in [2.05, 4.69) is 0 Å². The third-order valence-electron chi connectivity index (χ3n) is 5.46. The Morgan fingerprint density at radius 2 is 1.55 bits per heavy atom. The lowest BCUT2D eigenvalue weighted by Gasteiger charge is -2.14. The van der Waals surface area contributed by atoms with Crippen molar-refractivity contribution in [2.75, 3.05) is 12.0 Å². The highest BCUT2D eigenvalue weighted by Gasteiger charge is 2.35. The molecule has 5 rings (SSSR count). The molecule has 0 aliphatic carbocycles. The molecule has 31 heavy (non-hydrogen) atoms. The van der Waals surface area contributed by atoms with Crippen molar-refractivity contribution in [3.8, 4) is 11.5 Å². The van der Waals surface area contributed by atoms with Crippen LogP contribution in [-0.4, -0.2) is 24.9 Å². The van der Waals surface area contributed by atoms with E-state index in [1.165, 1.54) is 6.92 Å². The molecule has 0 N–H and O–H groups in total. The summed E-state index contributed by atoms with van der Waals surface area (Å²) in [4.78, 5) is 39.4. The first-order valence-electron chi connectivity index (χ1n) is 9.69. The lowest BCUT2D eigenvalue weighted by Crippen LogP contribution is -2.33. The van der Waals surface area contributed by atoms with Crippen LogP contribution in [0.15, 0.2) is 66.7 Å². The summed E-state index contributed by atoms with van der Waals surface area (Å²) in [5, 5.41) is 1.11. The molecule has 2 aliphatic heterocycles. The van der Waals surface area contributed by atoms with Gasteiger partial charge in [0.25, 0.3) is 5.91 Å². The van der Waals surface area contributed by atoms with E-state index in [1.54, 1.807) is 43.5 Å². The molecule has 2 amide bonds. The second-order valence-electron chi connectivity index (χ2n) is 7.26. The number of benzene rings is 3. The Morgan fingerprint density at radius 1 is 0.871 bits per heavy atom. The van der Waals surface area contributed by atoms with Gasteiger partial charge in [0.15, 0.2) is 0 Å². The van der Waals surface area contributed by atoms with Gasteiger partial charge in [0.1, 0.15) is 11.5 Å². The number of amides is 2. The van der Waals surface area contributed by atoms with Crippen molar-refractivity contribution in [1.29, 1.82) is 0 Å². The molecule has 152 valence electrons. The number of carbonyl (C=O) groups is 3. The number of ether oxygens (including phenoxy) is 2. The first-order chi connectivity index (χ1) is 15.0. The number of hydrogen-bond donors (Lipinski definition) is 0. The maximum absolute atomic E-state index is 13.2. The summed E-state index contributed by atoms with van der Waals surface area (Å²) < 4.78 is 10.7. The van der Waals surface area contributed by atoms with Crippen LogP contribution < -0.4 is 24.8 Å². The SMILES string of the molecule is COc1ccc(C2=c3cc4c(cc3N(C(C)=O)C2=O)=C(c2ccccc2)C(=O)O4)cc1. The Kier molecular flexibility index (Phi) is 4.22. The molecule has 6 heteroatoms. The van der Waals surface area contributed by atoms with Crippen LogP contribution in [0, 0.1) is 0 Å². The largest absolute Gasteiger partial charge is 0.497 e. The maximum atomic E-state index is 13.2. The summed E-state index contributed by atoms with van der Waals surface area (Å²) in [6.07, 6.45) is 0. The third kappa shape index (κ3) is 2.84. The molecule has 3 aromatic carbocycles. The van der Waals surface area contributed by atoms with Crippen molar-refractivity contribution in [3.63, 3.8) is 0 Å². The third-order valence-corrected chi connectivity index (χ3v) is 5.46. The minimum atomic E-state index is -0.462. The van der Waals surface area contributed by atoms with Gasteiger partial charge in [-0.1, -0.05) is 42.5 Å². The van der Waals surface area contributed by atoms with Gasteiger partial charge in [0.05, 0.1) is 23.9 Å². The average molecular weight is 411 g/mol. The van der Waals surface area contributed by atoms with Gasteiger partial charge < -0.3 is 9.47 Å². The van der Waals surface area contributed by atoms with Crippen LogP contribution in [0.2, 0.25) is 0 Å². The van der Waals surface area contributed by atoms with E-state index < -0.39 is 17.8 Å². The van der Waals surface area contributed by atoms with Crippen LogP contribution in [0.3, 0.4) is 0 Å². The van der Waals surface area contributed by atoms with Crippen molar-refractivity contribution in [2.45, 2.75) is 6.92 Å². The minimum absolute atomic E-state index is 0.367. The van der Waals surface area contributed by atoms with Crippen LogP contribution in [0.1, 0.15) is 18.1 Å². The Morgan fingerprint density at radius 3 is 2.19 bits per heavy atom. The van der Waals surface area contributed by atoms with Crippen molar-refractivity contribution < 1.29 is 23.9 Å². The van der Waals surface area contributed by atoms with Crippen LogP contribution in [0.25, 0.3) is 11.1 Å². The van der Waals surface area contributed by atoms with Gasteiger partial charge in [-0.15, -0.1) is 0 Å². The topological polar surface area (TPSA) is 72.9 Å².